The van der Waals surface area contributed by atoms with Crippen molar-refractivity contribution in [3.8, 4) is 5.75 Å². The first kappa shape index (κ1) is 34.2. The Hall–Kier alpha value is -3.71. The van der Waals surface area contributed by atoms with Crippen molar-refractivity contribution in [1.29, 1.82) is 0 Å². The summed E-state index contributed by atoms with van der Waals surface area (Å²) in [5, 5.41) is 8.17. The van der Waals surface area contributed by atoms with Crippen molar-refractivity contribution in [2.24, 2.45) is 0 Å². The molecule has 3 aromatic rings. The van der Waals surface area contributed by atoms with Crippen LogP contribution in [0.4, 0.5) is 36.3 Å². The molecule has 0 aliphatic carbocycles. The number of nitrogens with zero attached hydrogens (tertiary/aromatic N) is 3. The van der Waals surface area contributed by atoms with E-state index in [1.165, 1.54) is 14.2 Å². The van der Waals surface area contributed by atoms with Gasteiger partial charge in [0.25, 0.3) is 5.91 Å². The molecule has 0 spiro atoms. The smallest absolute Gasteiger partial charge is 0.421 e. The second kappa shape index (κ2) is 15.0. The number of benzene rings is 2. The van der Waals surface area contributed by atoms with Gasteiger partial charge in [-0.05, 0) is 75.2 Å². The van der Waals surface area contributed by atoms with Gasteiger partial charge in [-0.2, -0.15) is 18.2 Å². The van der Waals surface area contributed by atoms with E-state index in [-0.39, 0.29) is 36.6 Å². The maximum Gasteiger partial charge on any atom is 0.421 e. The standard InChI is InChI=1S/C30H38F3N6O5P/c1-5-43-45(41,44-6-2)19-21-10-12-25(26(16-21)42-4)37-29-35-17-23(30(31,32)33)27(38-29)36-24-11-9-20(15-22(24)28(40)34-3)18-39-13-7-8-14-39/h9-12,15-17H,5-8,13-14,18-19H2,1-4H3,(H,34,40)(H2,35,36,37,38). The fourth-order valence-electron chi connectivity index (χ4n) is 5.00. The molecule has 244 valence electrons. The minimum atomic E-state index is -4.78. The topological polar surface area (TPSA) is 127 Å². The van der Waals surface area contributed by atoms with E-state index in [0.29, 0.717) is 29.7 Å². The Morgan fingerprint density at radius 3 is 2.29 bits per heavy atom. The summed E-state index contributed by atoms with van der Waals surface area (Å²) in [6.45, 7) is 6.40. The molecule has 1 fully saturated rings. The zero-order chi connectivity index (χ0) is 32.6. The van der Waals surface area contributed by atoms with Gasteiger partial charge in [0.15, 0.2) is 0 Å². The number of halogens is 3. The fraction of sp³-hybridized carbons (Fsp3) is 0.433. The Kier molecular flexibility index (Phi) is 11.4. The van der Waals surface area contributed by atoms with Gasteiger partial charge >= 0.3 is 13.8 Å². The minimum Gasteiger partial charge on any atom is -0.495 e. The van der Waals surface area contributed by atoms with Gasteiger partial charge in [-0.1, -0.05) is 12.1 Å². The minimum absolute atomic E-state index is 0.000654. The van der Waals surface area contributed by atoms with Crippen LogP contribution in [0.5, 0.6) is 5.75 Å². The number of hydrogen-bond donors (Lipinski definition) is 3. The van der Waals surface area contributed by atoms with Crippen LogP contribution in [0.1, 0.15) is 53.7 Å². The second-order valence-electron chi connectivity index (χ2n) is 10.3. The number of carbonyl (C=O) groups excluding carboxylic acids is 1. The summed E-state index contributed by atoms with van der Waals surface area (Å²) in [7, 11) is -0.509. The van der Waals surface area contributed by atoms with Gasteiger partial charge in [0.05, 0.1) is 43.4 Å². The van der Waals surface area contributed by atoms with Crippen LogP contribution >= 0.6 is 7.60 Å². The van der Waals surface area contributed by atoms with E-state index >= 15 is 0 Å². The summed E-state index contributed by atoms with van der Waals surface area (Å²) >= 11 is 0. The number of anilines is 4. The first-order valence-corrected chi connectivity index (χ1v) is 16.3. The molecule has 0 radical (unpaired) electrons. The second-order valence-corrected chi connectivity index (χ2v) is 12.3. The van der Waals surface area contributed by atoms with E-state index in [1.54, 1.807) is 50.2 Å². The molecule has 1 aliphatic rings. The number of ether oxygens (including phenoxy) is 1. The van der Waals surface area contributed by atoms with Crippen LogP contribution in [-0.2, 0) is 32.5 Å². The number of likely N-dealkylation sites (tertiary alicyclic amines) is 1. The third-order valence-corrected chi connectivity index (χ3v) is 9.10. The van der Waals surface area contributed by atoms with Gasteiger partial charge in [0.2, 0.25) is 5.95 Å². The Labute approximate surface area is 260 Å². The zero-order valence-electron chi connectivity index (χ0n) is 25.7. The molecule has 1 saturated heterocycles. The molecule has 1 aliphatic heterocycles. The van der Waals surface area contributed by atoms with E-state index in [0.717, 1.165) is 31.5 Å². The van der Waals surface area contributed by atoms with Crippen LogP contribution in [-0.4, -0.2) is 61.2 Å². The maximum absolute atomic E-state index is 14.0. The number of rotatable bonds is 14. The highest BCUT2D eigenvalue weighted by Gasteiger charge is 2.36. The molecule has 3 N–H and O–H groups in total. The summed E-state index contributed by atoms with van der Waals surface area (Å²) < 4.78 is 71.3. The van der Waals surface area contributed by atoms with Crippen LogP contribution in [0.25, 0.3) is 0 Å². The Morgan fingerprint density at radius 2 is 1.67 bits per heavy atom. The fourth-order valence-corrected chi connectivity index (χ4v) is 6.68. The van der Waals surface area contributed by atoms with Crippen molar-refractivity contribution in [3.63, 3.8) is 0 Å². The van der Waals surface area contributed by atoms with Crippen LogP contribution in [0, 0.1) is 0 Å². The average molecular weight is 651 g/mol. The molecule has 15 heteroatoms. The van der Waals surface area contributed by atoms with Crippen molar-refractivity contribution in [1.82, 2.24) is 20.2 Å². The Bertz CT molecular complexity index is 1520. The summed E-state index contributed by atoms with van der Waals surface area (Å²) in [5.74, 6) is -0.842. The SMILES string of the molecule is CCOP(=O)(Cc1ccc(Nc2ncc(C(F)(F)F)c(Nc3ccc(CN4CCCC4)cc3C(=O)NC)n2)c(OC)c1)OCC. The molecule has 11 nitrogen and oxygen atoms in total. The molecule has 1 amide bonds. The molecule has 2 aromatic carbocycles. The lowest BCUT2D eigenvalue weighted by Crippen LogP contribution is -2.22. The van der Waals surface area contributed by atoms with Gasteiger partial charge in [-0.15, -0.1) is 0 Å². The number of methoxy groups -OCH3 is 1. The highest BCUT2D eigenvalue weighted by atomic mass is 31.2. The monoisotopic (exact) mass is 650 g/mol. The van der Waals surface area contributed by atoms with Gasteiger partial charge in [0.1, 0.15) is 17.1 Å². The number of amides is 1. The van der Waals surface area contributed by atoms with Gasteiger partial charge < -0.3 is 29.7 Å². The molecule has 0 saturated carbocycles. The average Bonchev–Trinajstić information content (AvgIpc) is 3.51. The Balaban J connectivity index is 1.64. The molecule has 0 unspecified atom stereocenters. The molecule has 45 heavy (non-hydrogen) atoms. The predicted molar refractivity (Wildman–Crippen MR) is 165 cm³/mol. The number of carbonyl (C=O) groups is 1. The normalized spacial score (nSPS) is 13.9. The molecule has 2 heterocycles. The number of nitrogens with one attached hydrogen (secondary N) is 3. The number of hydrogen-bond acceptors (Lipinski definition) is 10. The van der Waals surface area contributed by atoms with E-state index in [1.807, 2.05) is 0 Å². The molecule has 1 aromatic heterocycles. The molecular formula is C30H38F3N6O5P. The van der Waals surface area contributed by atoms with E-state index in [2.05, 4.69) is 30.8 Å². The van der Waals surface area contributed by atoms with E-state index < -0.39 is 31.1 Å². The Morgan fingerprint density at radius 1 is 1.00 bits per heavy atom. The predicted octanol–water partition coefficient (Wildman–Crippen LogP) is 6.71. The number of aromatic nitrogens is 2. The van der Waals surface area contributed by atoms with Crippen LogP contribution < -0.4 is 20.7 Å². The van der Waals surface area contributed by atoms with Crippen LogP contribution in [0.15, 0.2) is 42.6 Å². The van der Waals surface area contributed by atoms with Crippen molar-refractivity contribution in [2.45, 2.75) is 45.6 Å². The van der Waals surface area contributed by atoms with Crippen LogP contribution in [0.3, 0.4) is 0 Å². The van der Waals surface area contributed by atoms with Gasteiger partial charge in [0, 0.05) is 19.8 Å². The van der Waals surface area contributed by atoms with Gasteiger partial charge in [-0.3, -0.25) is 14.3 Å². The first-order valence-electron chi connectivity index (χ1n) is 14.6. The lowest BCUT2D eigenvalue weighted by Gasteiger charge is -2.19. The third-order valence-electron chi connectivity index (χ3n) is 7.05. The molecule has 0 bridgehead atoms. The highest BCUT2D eigenvalue weighted by Crippen LogP contribution is 2.51. The quantitative estimate of drug-likeness (QED) is 0.162. The lowest BCUT2D eigenvalue weighted by molar-refractivity contribution is -0.137. The molecule has 0 atom stereocenters. The van der Waals surface area contributed by atoms with Crippen molar-refractivity contribution >= 4 is 36.6 Å². The number of alkyl halides is 3. The van der Waals surface area contributed by atoms with E-state index in [4.69, 9.17) is 13.8 Å². The van der Waals surface area contributed by atoms with Crippen LogP contribution in [0.2, 0.25) is 0 Å². The van der Waals surface area contributed by atoms with Crippen molar-refractivity contribution < 1.29 is 36.3 Å². The van der Waals surface area contributed by atoms with Gasteiger partial charge in [-0.25, -0.2) is 4.98 Å². The lowest BCUT2D eigenvalue weighted by atomic mass is 10.1. The summed E-state index contributed by atoms with van der Waals surface area (Å²) in [6.07, 6.45) is -1.91. The first-order chi connectivity index (χ1) is 21.5. The molecule has 4 rings (SSSR count). The highest BCUT2D eigenvalue weighted by molar-refractivity contribution is 7.53. The van der Waals surface area contributed by atoms with Crippen molar-refractivity contribution in [2.75, 3.05) is 51.1 Å². The maximum atomic E-state index is 14.0. The summed E-state index contributed by atoms with van der Waals surface area (Å²) in [4.78, 5) is 23.1. The largest absolute Gasteiger partial charge is 0.495 e. The third kappa shape index (κ3) is 8.94. The zero-order valence-corrected chi connectivity index (χ0v) is 26.6. The molecular weight excluding hydrogens is 612 g/mol. The van der Waals surface area contributed by atoms with E-state index in [9.17, 15) is 22.5 Å². The summed E-state index contributed by atoms with van der Waals surface area (Å²) in [6, 6.07) is 9.93. The summed E-state index contributed by atoms with van der Waals surface area (Å²) in [5.41, 5.74) is 1.06. The van der Waals surface area contributed by atoms with Crippen molar-refractivity contribution in [3.05, 3.63) is 64.8 Å².